The number of nitrogens with zero attached hydrogens (tertiary/aromatic N) is 2. The van der Waals surface area contributed by atoms with Gasteiger partial charge in [0, 0.05) is 40.2 Å². The molecule has 1 amide bonds. The minimum Gasteiger partial charge on any atom is -0.375 e. The van der Waals surface area contributed by atoms with Gasteiger partial charge >= 0.3 is 0 Å². The number of ketones is 1. The molecule has 0 spiro atoms. The number of hydrogen-bond donors (Lipinski definition) is 1. The smallest absolute Gasteiger partial charge is 0.264 e. The van der Waals surface area contributed by atoms with Gasteiger partial charge in [-0.1, -0.05) is 46.3 Å². The number of carbonyl (C=O) groups excluding carboxylic acids is 2. The third-order valence-electron chi connectivity index (χ3n) is 6.27. The Kier molecular flexibility index (Phi) is 5.94. The molecule has 0 saturated heterocycles. The molecule has 2 heterocycles. The molecule has 3 aromatic carbocycles. The van der Waals surface area contributed by atoms with Gasteiger partial charge in [0.2, 0.25) is 0 Å². The van der Waals surface area contributed by atoms with E-state index in [-0.39, 0.29) is 12.2 Å². The third-order valence-corrected chi connectivity index (χ3v) is 6.76. The summed E-state index contributed by atoms with van der Waals surface area (Å²) >= 11 is 3.44. The highest BCUT2D eigenvalue weighted by atomic mass is 79.9. The van der Waals surface area contributed by atoms with E-state index in [9.17, 15) is 14.7 Å². The van der Waals surface area contributed by atoms with E-state index in [1.54, 1.807) is 23.1 Å². The summed E-state index contributed by atoms with van der Waals surface area (Å²) < 4.78 is 2.69. The monoisotopic (exact) mass is 514 g/mol. The van der Waals surface area contributed by atoms with E-state index in [2.05, 4.69) is 15.9 Å². The quantitative estimate of drug-likeness (QED) is 0.341. The van der Waals surface area contributed by atoms with Crippen LogP contribution in [0.15, 0.2) is 102 Å². The van der Waals surface area contributed by atoms with Crippen molar-refractivity contribution in [2.45, 2.75) is 18.4 Å². The largest absolute Gasteiger partial charge is 0.375 e. The third kappa shape index (κ3) is 4.11. The summed E-state index contributed by atoms with van der Waals surface area (Å²) in [7, 11) is 0. The summed E-state index contributed by atoms with van der Waals surface area (Å²) in [6.07, 6.45) is 4.18. The summed E-state index contributed by atoms with van der Waals surface area (Å²) in [6, 6.07) is 26.3. The summed E-state index contributed by atoms with van der Waals surface area (Å²) in [5, 5.41) is 11.6. The average molecular weight is 515 g/mol. The molecule has 0 unspecified atom stereocenters. The molecule has 1 atom stereocenters. The molecule has 5 rings (SSSR count). The Balaban J connectivity index is 1.40. The van der Waals surface area contributed by atoms with E-state index in [1.807, 2.05) is 83.7 Å². The van der Waals surface area contributed by atoms with Crippen molar-refractivity contribution in [3.63, 3.8) is 0 Å². The van der Waals surface area contributed by atoms with Gasteiger partial charge in [-0.3, -0.25) is 9.59 Å². The van der Waals surface area contributed by atoms with Crippen LogP contribution in [-0.2, 0) is 16.8 Å². The first-order chi connectivity index (χ1) is 16.5. The molecule has 1 aliphatic heterocycles. The van der Waals surface area contributed by atoms with Crippen molar-refractivity contribution >= 4 is 33.3 Å². The van der Waals surface area contributed by atoms with E-state index in [1.165, 1.54) is 0 Å². The minimum absolute atomic E-state index is 0.286. The van der Waals surface area contributed by atoms with Crippen molar-refractivity contribution in [3.8, 4) is 5.69 Å². The number of Topliss-reactive ketones (excluding diaryl/α,β-unsaturated/α-hetero) is 1. The Morgan fingerprint density at radius 2 is 1.62 bits per heavy atom. The molecule has 5 nitrogen and oxygen atoms in total. The van der Waals surface area contributed by atoms with Crippen molar-refractivity contribution < 1.29 is 14.7 Å². The minimum atomic E-state index is -1.91. The number of rotatable bonds is 7. The van der Waals surface area contributed by atoms with Crippen LogP contribution in [0.3, 0.4) is 0 Å². The SMILES string of the molecule is O=C(C[C@]1(O)C(=O)N(CCc2ccccc2)c2ccc(Br)cc21)c1ccc(-n2cccc2)cc1. The highest BCUT2D eigenvalue weighted by Gasteiger charge is 2.50. The number of anilines is 1. The number of aromatic nitrogens is 1. The molecule has 1 N–H and O–H groups in total. The molecule has 34 heavy (non-hydrogen) atoms. The first-order valence-corrected chi connectivity index (χ1v) is 11.9. The summed E-state index contributed by atoms with van der Waals surface area (Å²) in [6.45, 7) is 0.416. The topological polar surface area (TPSA) is 62.5 Å². The lowest BCUT2D eigenvalue weighted by atomic mass is 9.88. The van der Waals surface area contributed by atoms with Crippen LogP contribution in [0.4, 0.5) is 5.69 Å². The molecule has 0 aliphatic carbocycles. The van der Waals surface area contributed by atoms with Crippen LogP contribution in [0.1, 0.15) is 27.9 Å². The van der Waals surface area contributed by atoms with E-state index < -0.39 is 11.5 Å². The van der Waals surface area contributed by atoms with Crippen molar-refractivity contribution in [1.29, 1.82) is 0 Å². The number of aliphatic hydroxyl groups is 1. The zero-order valence-electron chi connectivity index (χ0n) is 18.4. The molecule has 1 aliphatic rings. The van der Waals surface area contributed by atoms with Crippen LogP contribution >= 0.6 is 15.9 Å². The number of benzene rings is 3. The molecular weight excluding hydrogens is 492 g/mol. The Morgan fingerprint density at radius 3 is 2.32 bits per heavy atom. The maximum atomic E-state index is 13.5. The fraction of sp³-hybridized carbons (Fsp3) is 0.143. The number of fused-ring (bicyclic) bond motifs is 1. The molecular formula is C28H23BrN2O3. The number of halogens is 1. The second-order valence-electron chi connectivity index (χ2n) is 8.45. The van der Waals surface area contributed by atoms with Gasteiger partial charge < -0.3 is 14.6 Å². The van der Waals surface area contributed by atoms with E-state index >= 15 is 0 Å². The van der Waals surface area contributed by atoms with Gasteiger partial charge in [-0.2, -0.15) is 0 Å². The Labute approximate surface area is 206 Å². The first kappa shape index (κ1) is 22.3. The fourth-order valence-corrected chi connectivity index (χ4v) is 4.82. The van der Waals surface area contributed by atoms with Crippen LogP contribution < -0.4 is 4.90 Å². The molecule has 170 valence electrons. The molecule has 0 bridgehead atoms. The lowest BCUT2D eigenvalue weighted by Crippen LogP contribution is -2.42. The molecule has 6 heteroatoms. The maximum Gasteiger partial charge on any atom is 0.264 e. The van der Waals surface area contributed by atoms with E-state index in [0.29, 0.717) is 29.8 Å². The van der Waals surface area contributed by atoms with E-state index in [4.69, 9.17) is 0 Å². The Morgan fingerprint density at radius 1 is 0.912 bits per heavy atom. The van der Waals surface area contributed by atoms with Gasteiger partial charge in [0.05, 0.1) is 12.1 Å². The van der Waals surface area contributed by atoms with Crippen molar-refractivity contribution in [1.82, 2.24) is 4.57 Å². The lowest BCUT2D eigenvalue weighted by Gasteiger charge is -2.23. The van der Waals surface area contributed by atoms with Crippen LogP contribution in [-0.4, -0.2) is 27.9 Å². The standard InChI is InChI=1S/C28H23BrN2O3/c29-22-10-13-25-24(18-22)28(34,27(33)31(25)17-14-20-6-2-1-3-7-20)19-26(32)21-8-11-23(12-9-21)30-15-4-5-16-30/h1-13,15-16,18,34H,14,17,19H2/t28-/m1/s1. The van der Waals surface area contributed by atoms with Crippen molar-refractivity contribution in [3.05, 3.63) is 118 Å². The number of amides is 1. The molecule has 0 radical (unpaired) electrons. The Hall–Kier alpha value is -3.48. The predicted molar refractivity (Wildman–Crippen MR) is 135 cm³/mol. The highest BCUT2D eigenvalue weighted by Crippen LogP contribution is 2.44. The van der Waals surface area contributed by atoms with Crippen molar-refractivity contribution in [2.24, 2.45) is 0 Å². The summed E-state index contributed by atoms with van der Waals surface area (Å²) in [5.74, 6) is -0.750. The van der Waals surface area contributed by atoms with Gasteiger partial charge in [0.1, 0.15) is 0 Å². The van der Waals surface area contributed by atoms with Gasteiger partial charge in [0.15, 0.2) is 11.4 Å². The van der Waals surface area contributed by atoms with Gasteiger partial charge in [-0.25, -0.2) is 0 Å². The zero-order chi connectivity index (χ0) is 23.7. The second kappa shape index (κ2) is 9.05. The predicted octanol–water partition coefficient (Wildman–Crippen LogP) is 5.29. The lowest BCUT2D eigenvalue weighted by molar-refractivity contribution is -0.135. The first-order valence-electron chi connectivity index (χ1n) is 11.1. The van der Waals surface area contributed by atoms with Crippen LogP contribution in [0, 0.1) is 0 Å². The van der Waals surface area contributed by atoms with Crippen molar-refractivity contribution in [2.75, 3.05) is 11.4 Å². The summed E-state index contributed by atoms with van der Waals surface area (Å²) in [4.78, 5) is 28.3. The van der Waals surface area contributed by atoms with Crippen LogP contribution in [0.25, 0.3) is 5.69 Å². The normalized spacial score (nSPS) is 17.1. The van der Waals surface area contributed by atoms with Gasteiger partial charge in [-0.05, 0) is 66.6 Å². The molecule has 1 aromatic heterocycles. The average Bonchev–Trinajstić information content (AvgIpc) is 3.46. The molecule has 0 saturated carbocycles. The second-order valence-corrected chi connectivity index (χ2v) is 9.37. The van der Waals surface area contributed by atoms with Crippen LogP contribution in [0.5, 0.6) is 0 Å². The van der Waals surface area contributed by atoms with Gasteiger partial charge in [0.25, 0.3) is 5.91 Å². The zero-order valence-corrected chi connectivity index (χ0v) is 20.0. The number of carbonyl (C=O) groups is 2. The Bertz CT molecular complexity index is 1330. The molecule has 0 fully saturated rings. The molecule has 4 aromatic rings. The van der Waals surface area contributed by atoms with E-state index in [0.717, 1.165) is 15.7 Å². The number of hydrogen-bond acceptors (Lipinski definition) is 3. The fourth-order valence-electron chi connectivity index (χ4n) is 4.46. The maximum absolute atomic E-state index is 13.5. The van der Waals surface area contributed by atoms with Gasteiger partial charge in [-0.15, -0.1) is 0 Å². The summed E-state index contributed by atoms with van der Waals surface area (Å²) in [5.41, 5.74) is 1.67. The highest BCUT2D eigenvalue weighted by molar-refractivity contribution is 9.10. The van der Waals surface area contributed by atoms with Crippen LogP contribution in [0.2, 0.25) is 0 Å².